The summed E-state index contributed by atoms with van der Waals surface area (Å²) in [5.41, 5.74) is 1.71. The number of phenols is 1. The fourth-order valence-electron chi connectivity index (χ4n) is 2.02. The Labute approximate surface area is 158 Å². The van der Waals surface area contributed by atoms with Crippen LogP contribution in [0.5, 0.6) is 5.75 Å². The SMILES string of the molecule is CCNC(=NCc1ccc(O)c(F)c1)NCCc1ccccn1.I. The number of hydrogen-bond acceptors (Lipinski definition) is 3. The Bertz CT molecular complexity index is 652. The number of aromatic nitrogens is 1. The number of aromatic hydroxyl groups is 1. The largest absolute Gasteiger partial charge is 0.505 e. The fourth-order valence-corrected chi connectivity index (χ4v) is 2.02. The average molecular weight is 444 g/mol. The lowest BCUT2D eigenvalue weighted by molar-refractivity contribution is 0.432. The molecular formula is C17H22FIN4O. The van der Waals surface area contributed by atoms with Crippen molar-refractivity contribution in [2.24, 2.45) is 4.99 Å². The topological polar surface area (TPSA) is 69.5 Å². The second-order valence-electron chi connectivity index (χ2n) is 4.98. The van der Waals surface area contributed by atoms with Crippen LogP contribution >= 0.6 is 24.0 Å². The van der Waals surface area contributed by atoms with Crippen molar-refractivity contribution in [3.8, 4) is 5.75 Å². The van der Waals surface area contributed by atoms with Gasteiger partial charge in [-0.2, -0.15) is 0 Å². The summed E-state index contributed by atoms with van der Waals surface area (Å²) in [6.07, 6.45) is 2.56. The normalized spacial score (nSPS) is 10.8. The van der Waals surface area contributed by atoms with Crippen LogP contribution in [0.15, 0.2) is 47.6 Å². The highest BCUT2D eigenvalue weighted by Gasteiger charge is 2.02. The number of nitrogens with one attached hydrogen (secondary N) is 2. The Balaban J connectivity index is 0.00000288. The molecule has 0 saturated carbocycles. The predicted octanol–water partition coefficient (Wildman–Crippen LogP) is 2.84. The van der Waals surface area contributed by atoms with E-state index < -0.39 is 5.82 Å². The Morgan fingerprint density at radius 1 is 1.25 bits per heavy atom. The first-order valence-electron chi connectivity index (χ1n) is 7.58. The molecule has 5 nitrogen and oxygen atoms in total. The monoisotopic (exact) mass is 444 g/mol. The van der Waals surface area contributed by atoms with Gasteiger partial charge in [-0.3, -0.25) is 4.98 Å². The maximum Gasteiger partial charge on any atom is 0.191 e. The minimum atomic E-state index is -0.634. The molecule has 0 aliphatic heterocycles. The second-order valence-corrected chi connectivity index (χ2v) is 4.98. The summed E-state index contributed by atoms with van der Waals surface area (Å²) in [7, 11) is 0. The van der Waals surface area contributed by atoms with Crippen LogP contribution in [-0.4, -0.2) is 29.1 Å². The van der Waals surface area contributed by atoms with Gasteiger partial charge in [0.05, 0.1) is 6.54 Å². The minimum Gasteiger partial charge on any atom is -0.505 e. The molecule has 2 rings (SSSR count). The Kier molecular flexibility index (Phi) is 9.06. The lowest BCUT2D eigenvalue weighted by Crippen LogP contribution is -2.38. The zero-order valence-electron chi connectivity index (χ0n) is 13.5. The van der Waals surface area contributed by atoms with E-state index in [1.54, 1.807) is 12.3 Å². The quantitative estimate of drug-likeness (QED) is 0.364. The van der Waals surface area contributed by atoms with Crippen LogP contribution < -0.4 is 10.6 Å². The van der Waals surface area contributed by atoms with Crippen molar-refractivity contribution in [3.05, 3.63) is 59.7 Å². The molecule has 0 bridgehead atoms. The predicted molar refractivity (Wildman–Crippen MR) is 104 cm³/mol. The first-order valence-corrected chi connectivity index (χ1v) is 7.58. The van der Waals surface area contributed by atoms with E-state index in [-0.39, 0.29) is 29.7 Å². The molecule has 0 saturated heterocycles. The molecule has 1 aromatic heterocycles. The number of hydrogen-bond donors (Lipinski definition) is 3. The smallest absolute Gasteiger partial charge is 0.191 e. The van der Waals surface area contributed by atoms with Gasteiger partial charge in [0.15, 0.2) is 17.5 Å². The third-order valence-corrected chi connectivity index (χ3v) is 3.18. The molecule has 2 aromatic rings. The molecule has 1 heterocycles. The molecule has 0 fully saturated rings. The third kappa shape index (κ3) is 6.69. The molecule has 1 aromatic carbocycles. The van der Waals surface area contributed by atoms with Crippen LogP contribution in [-0.2, 0) is 13.0 Å². The van der Waals surface area contributed by atoms with E-state index in [4.69, 9.17) is 0 Å². The summed E-state index contributed by atoms with van der Waals surface area (Å²) in [4.78, 5) is 8.68. The number of nitrogens with zero attached hydrogens (tertiary/aromatic N) is 2. The fraction of sp³-hybridized carbons (Fsp3) is 0.294. The van der Waals surface area contributed by atoms with Crippen molar-refractivity contribution >= 4 is 29.9 Å². The molecule has 0 atom stereocenters. The van der Waals surface area contributed by atoms with Crippen LogP contribution in [0.1, 0.15) is 18.2 Å². The molecule has 0 amide bonds. The third-order valence-electron chi connectivity index (χ3n) is 3.18. The van der Waals surface area contributed by atoms with Crippen LogP contribution in [0.4, 0.5) is 4.39 Å². The lowest BCUT2D eigenvalue weighted by atomic mass is 10.2. The first kappa shape index (κ1) is 20.1. The summed E-state index contributed by atoms with van der Waals surface area (Å²) >= 11 is 0. The maximum absolute atomic E-state index is 13.3. The van der Waals surface area contributed by atoms with Gasteiger partial charge in [0.1, 0.15) is 0 Å². The summed E-state index contributed by atoms with van der Waals surface area (Å²) in [6.45, 7) is 3.75. The van der Waals surface area contributed by atoms with E-state index in [0.717, 1.165) is 18.7 Å². The zero-order valence-corrected chi connectivity index (χ0v) is 15.8. The number of aliphatic imine (C=N–C) groups is 1. The summed E-state index contributed by atoms with van der Waals surface area (Å²) in [6, 6.07) is 10.1. The Morgan fingerprint density at radius 3 is 2.75 bits per heavy atom. The number of halogens is 2. The highest BCUT2D eigenvalue weighted by molar-refractivity contribution is 14.0. The molecule has 7 heteroatoms. The Morgan fingerprint density at radius 2 is 2.08 bits per heavy atom. The average Bonchev–Trinajstić information content (AvgIpc) is 2.56. The number of phenolic OH excluding ortho intramolecular Hbond substituents is 1. The molecule has 130 valence electrons. The van der Waals surface area contributed by atoms with Gasteiger partial charge in [0.25, 0.3) is 0 Å². The highest BCUT2D eigenvalue weighted by Crippen LogP contribution is 2.16. The number of rotatable bonds is 6. The van der Waals surface area contributed by atoms with Gasteiger partial charge >= 0.3 is 0 Å². The number of pyridine rings is 1. The van der Waals surface area contributed by atoms with E-state index in [1.807, 2.05) is 25.1 Å². The van der Waals surface area contributed by atoms with Gasteiger partial charge in [-0.05, 0) is 36.8 Å². The van der Waals surface area contributed by atoms with Crippen molar-refractivity contribution < 1.29 is 9.50 Å². The summed E-state index contributed by atoms with van der Waals surface area (Å²) < 4.78 is 13.3. The highest BCUT2D eigenvalue weighted by atomic mass is 127. The standard InChI is InChI=1S/C17H21FN4O.HI/c1-2-19-17(21-10-8-14-5-3-4-9-20-14)22-12-13-6-7-16(23)15(18)11-13;/h3-7,9,11,23H,2,8,10,12H2,1H3,(H2,19,21,22);1H. The zero-order chi connectivity index (χ0) is 16.5. The summed E-state index contributed by atoms with van der Waals surface area (Å²) in [5, 5.41) is 15.5. The second kappa shape index (κ2) is 10.8. The molecule has 3 N–H and O–H groups in total. The summed E-state index contributed by atoms with van der Waals surface area (Å²) in [5.74, 6) is -0.319. The van der Waals surface area contributed by atoms with Gasteiger partial charge < -0.3 is 15.7 Å². The molecule has 0 aliphatic rings. The number of benzene rings is 1. The molecule has 0 spiro atoms. The van der Waals surface area contributed by atoms with Gasteiger partial charge in [-0.15, -0.1) is 24.0 Å². The Hall–Kier alpha value is -1.90. The van der Waals surface area contributed by atoms with Gasteiger partial charge in [0, 0.05) is 31.4 Å². The van der Waals surface area contributed by atoms with E-state index in [1.165, 1.54) is 12.1 Å². The van der Waals surface area contributed by atoms with Crippen molar-refractivity contribution in [3.63, 3.8) is 0 Å². The van der Waals surface area contributed by atoms with E-state index >= 15 is 0 Å². The van der Waals surface area contributed by atoms with Crippen molar-refractivity contribution in [2.45, 2.75) is 19.9 Å². The molecule has 24 heavy (non-hydrogen) atoms. The van der Waals surface area contributed by atoms with Crippen LogP contribution in [0.2, 0.25) is 0 Å². The molecular weight excluding hydrogens is 422 g/mol. The van der Waals surface area contributed by atoms with Crippen LogP contribution in [0.25, 0.3) is 0 Å². The van der Waals surface area contributed by atoms with Gasteiger partial charge in [-0.1, -0.05) is 12.1 Å². The van der Waals surface area contributed by atoms with Crippen molar-refractivity contribution in [1.29, 1.82) is 0 Å². The van der Waals surface area contributed by atoms with Crippen LogP contribution in [0.3, 0.4) is 0 Å². The van der Waals surface area contributed by atoms with Crippen molar-refractivity contribution in [2.75, 3.05) is 13.1 Å². The first-order chi connectivity index (χ1) is 11.2. The van der Waals surface area contributed by atoms with Gasteiger partial charge in [0.2, 0.25) is 0 Å². The maximum atomic E-state index is 13.3. The number of guanidine groups is 1. The van der Waals surface area contributed by atoms with E-state index in [2.05, 4.69) is 20.6 Å². The minimum absolute atomic E-state index is 0. The van der Waals surface area contributed by atoms with Gasteiger partial charge in [-0.25, -0.2) is 9.38 Å². The molecule has 0 aliphatic carbocycles. The van der Waals surface area contributed by atoms with Crippen molar-refractivity contribution in [1.82, 2.24) is 15.6 Å². The lowest BCUT2D eigenvalue weighted by Gasteiger charge is -2.11. The van der Waals surface area contributed by atoms with Crippen LogP contribution in [0, 0.1) is 5.82 Å². The molecule has 0 radical (unpaired) electrons. The molecule has 0 unspecified atom stereocenters. The van der Waals surface area contributed by atoms with E-state index in [0.29, 0.717) is 24.6 Å². The van der Waals surface area contributed by atoms with E-state index in [9.17, 15) is 9.50 Å².